The van der Waals surface area contributed by atoms with Crippen LogP contribution in [0.4, 0.5) is 4.39 Å². The van der Waals surface area contributed by atoms with Gasteiger partial charge in [-0.25, -0.2) is 4.39 Å². The minimum atomic E-state index is -0.350. The van der Waals surface area contributed by atoms with Crippen molar-refractivity contribution in [2.75, 3.05) is 0 Å². The third-order valence-corrected chi connectivity index (χ3v) is 2.36. The van der Waals surface area contributed by atoms with Crippen LogP contribution in [-0.4, -0.2) is 16.0 Å². The second-order valence-electron chi connectivity index (χ2n) is 3.50. The van der Waals surface area contributed by atoms with Gasteiger partial charge in [-0.05, 0) is 48.5 Å². The summed E-state index contributed by atoms with van der Waals surface area (Å²) < 4.78 is 12.8. The largest absolute Gasteiger partial charge is 0.508 e. The Morgan fingerprint density at radius 3 is 1.82 bits per heavy atom. The van der Waals surface area contributed by atoms with Crippen molar-refractivity contribution in [1.29, 1.82) is 0 Å². The van der Waals surface area contributed by atoms with Gasteiger partial charge in [0.2, 0.25) is 0 Å². The van der Waals surface area contributed by atoms with Crippen LogP contribution in [-0.2, 0) is 0 Å². The fourth-order valence-corrected chi connectivity index (χ4v) is 1.51. The highest BCUT2D eigenvalue weighted by atomic mass is 19.1. The molecular formula is C13H10FNO2. The summed E-state index contributed by atoms with van der Waals surface area (Å²) in [5, 5.41) is 21.4. The molecule has 0 aliphatic carbocycles. The van der Waals surface area contributed by atoms with Gasteiger partial charge in [-0.2, -0.15) is 0 Å². The number of nitrogens with zero attached hydrogens (tertiary/aromatic N) is 1. The molecule has 3 nitrogen and oxygen atoms in total. The predicted molar refractivity (Wildman–Crippen MR) is 61.9 cm³/mol. The van der Waals surface area contributed by atoms with E-state index in [9.17, 15) is 4.39 Å². The maximum atomic E-state index is 12.8. The molecule has 4 heteroatoms. The highest BCUT2D eigenvalue weighted by Crippen LogP contribution is 2.15. The van der Waals surface area contributed by atoms with E-state index in [1.165, 1.54) is 36.4 Å². The summed E-state index contributed by atoms with van der Waals surface area (Å²) >= 11 is 0. The van der Waals surface area contributed by atoms with Gasteiger partial charge in [0.05, 0.1) is 0 Å². The van der Waals surface area contributed by atoms with Crippen molar-refractivity contribution in [1.82, 2.24) is 0 Å². The number of hydrogen-bond donors (Lipinski definition) is 2. The number of rotatable bonds is 2. The van der Waals surface area contributed by atoms with Crippen molar-refractivity contribution in [2.24, 2.45) is 5.16 Å². The summed E-state index contributed by atoms with van der Waals surface area (Å²) in [7, 11) is 0. The molecule has 0 aromatic heterocycles. The number of hydrogen-bond acceptors (Lipinski definition) is 3. The van der Waals surface area contributed by atoms with Gasteiger partial charge in [-0.15, -0.1) is 0 Å². The highest BCUT2D eigenvalue weighted by molar-refractivity contribution is 6.12. The summed E-state index contributed by atoms with van der Waals surface area (Å²) in [6.07, 6.45) is 0. The molecule has 0 fully saturated rings. The summed E-state index contributed by atoms with van der Waals surface area (Å²) in [4.78, 5) is 0. The van der Waals surface area contributed by atoms with Crippen LogP contribution in [0.3, 0.4) is 0 Å². The van der Waals surface area contributed by atoms with Crippen LogP contribution in [0.5, 0.6) is 5.75 Å². The lowest BCUT2D eigenvalue weighted by Crippen LogP contribution is -2.03. The quantitative estimate of drug-likeness (QED) is 0.474. The van der Waals surface area contributed by atoms with E-state index in [0.29, 0.717) is 16.8 Å². The Bertz CT molecular complexity index is 485. The molecule has 0 atom stereocenters. The minimum Gasteiger partial charge on any atom is -0.508 e. The third kappa shape index (κ3) is 2.42. The van der Waals surface area contributed by atoms with E-state index < -0.39 is 0 Å². The normalized spacial score (nSPS) is 11.5. The van der Waals surface area contributed by atoms with Crippen molar-refractivity contribution >= 4 is 5.71 Å². The van der Waals surface area contributed by atoms with E-state index in [1.807, 2.05) is 0 Å². The molecule has 0 bridgehead atoms. The van der Waals surface area contributed by atoms with E-state index in [4.69, 9.17) is 10.3 Å². The molecule has 0 saturated carbocycles. The molecule has 0 spiro atoms. The Labute approximate surface area is 97.5 Å². The fraction of sp³-hybridized carbons (Fsp3) is 0. The maximum Gasteiger partial charge on any atom is 0.123 e. The minimum absolute atomic E-state index is 0.130. The van der Waals surface area contributed by atoms with Gasteiger partial charge in [0.25, 0.3) is 0 Å². The Morgan fingerprint density at radius 2 is 1.35 bits per heavy atom. The van der Waals surface area contributed by atoms with Crippen molar-refractivity contribution in [3.05, 3.63) is 65.5 Å². The SMILES string of the molecule is ON=C(c1ccc(O)cc1)c1ccc(F)cc1. The first-order valence-electron chi connectivity index (χ1n) is 4.98. The van der Waals surface area contributed by atoms with Gasteiger partial charge in [-0.3, -0.25) is 0 Å². The number of aromatic hydroxyl groups is 1. The monoisotopic (exact) mass is 231 g/mol. The molecule has 0 radical (unpaired) electrons. The van der Waals surface area contributed by atoms with E-state index in [0.717, 1.165) is 0 Å². The van der Waals surface area contributed by atoms with Gasteiger partial charge in [0.1, 0.15) is 17.3 Å². The lowest BCUT2D eigenvalue weighted by molar-refractivity contribution is 0.319. The number of phenolic OH excluding ortho intramolecular Hbond substituents is 1. The lowest BCUT2D eigenvalue weighted by atomic mass is 10.0. The van der Waals surface area contributed by atoms with E-state index in [-0.39, 0.29) is 11.6 Å². The van der Waals surface area contributed by atoms with Gasteiger partial charge in [0.15, 0.2) is 0 Å². The first-order valence-corrected chi connectivity index (χ1v) is 4.98. The standard InChI is InChI=1S/C13H10FNO2/c14-11-5-1-9(2-6-11)13(15-17)10-3-7-12(16)8-4-10/h1-8,16-17H. The average molecular weight is 231 g/mol. The van der Waals surface area contributed by atoms with E-state index >= 15 is 0 Å². The van der Waals surface area contributed by atoms with Crippen LogP contribution < -0.4 is 0 Å². The fourth-order valence-electron chi connectivity index (χ4n) is 1.51. The molecule has 2 N–H and O–H groups in total. The van der Waals surface area contributed by atoms with Gasteiger partial charge in [0, 0.05) is 11.1 Å². The van der Waals surface area contributed by atoms with Crippen molar-refractivity contribution in [3.63, 3.8) is 0 Å². The first-order chi connectivity index (χ1) is 8.20. The van der Waals surface area contributed by atoms with Crippen LogP contribution >= 0.6 is 0 Å². The Hall–Kier alpha value is -2.36. The van der Waals surface area contributed by atoms with Gasteiger partial charge >= 0.3 is 0 Å². The molecule has 2 rings (SSSR count). The van der Waals surface area contributed by atoms with Crippen LogP contribution in [0.2, 0.25) is 0 Å². The summed E-state index contributed by atoms with van der Waals surface area (Å²) in [5.41, 5.74) is 1.56. The van der Waals surface area contributed by atoms with Crippen LogP contribution in [0.25, 0.3) is 0 Å². The first kappa shape index (κ1) is 11.1. The zero-order chi connectivity index (χ0) is 12.3. The number of phenols is 1. The molecule has 17 heavy (non-hydrogen) atoms. The third-order valence-electron chi connectivity index (χ3n) is 2.36. The highest BCUT2D eigenvalue weighted by Gasteiger charge is 2.07. The van der Waals surface area contributed by atoms with E-state index in [2.05, 4.69) is 5.16 Å². The lowest BCUT2D eigenvalue weighted by Gasteiger charge is -2.04. The molecule has 0 unspecified atom stereocenters. The number of halogens is 1. The Kier molecular flexibility index (Phi) is 3.05. The second kappa shape index (κ2) is 4.65. The summed E-state index contributed by atoms with van der Waals surface area (Å²) in [6.45, 7) is 0. The molecule has 86 valence electrons. The summed E-state index contributed by atoms with van der Waals surface area (Å²) in [6, 6.07) is 11.9. The van der Waals surface area contributed by atoms with E-state index in [1.54, 1.807) is 12.1 Å². The van der Waals surface area contributed by atoms with Gasteiger partial charge < -0.3 is 10.3 Å². The van der Waals surface area contributed by atoms with Crippen LogP contribution in [0.1, 0.15) is 11.1 Å². The van der Waals surface area contributed by atoms with Crippen molar-refractivity contribution < 1.29 is 14.7 Å². The molecule has 0 amide bonds. The Balaban J connectivity index is 2.41. The number of benzene rings is 2. The van der Waals surface area contributed by atoms with Crippen LogP contribution in [0.15, 0.2) is 53.7 Å². The van der Waals surface area contributed by atoms with Gasteiger partial charge in [-0.1, -0.05) is 5.16 Å². The molecule has 0 saturated heterocycles. The van der Waals surface area contributed by atoms with Crippen molar-refractivity contribution in [3.8, 4) is 5.75 Å². The molecule has 0 aliphatic heterocycles. The maximum absolute atomic E-state index is 12.8. The second-order valence-corrected chi connectivity index (χ2v) is 3.50. The topological polar surface area (TPSA) is 52.8 Å². The zero-order valence-electron chi connectivity index (χ0n) is 8.84. The predicted octanol–water partition coefficient (Wildman–Crippen LogP) is 2.76. The van der Waals surface area contributed by atoms with Crippen LogP contribution in [0, 0.1) is 5.82 Å². The van der Waals surface area contributed by atoms with Crippen molar-refractivity contribution in [2.45, 2.75) is 0 Å². The molecule has 2 aromatic rings. The average Bonchev–Trinajstić information content (AvgIpc) is 2.35. The summed E-state index contributed by atoms with van der Waals surface area (Å²) in [5.74, 6) is -0.220. The molecule has 0 aliphatic rings. The molecule has 2 aromatic carbocycles. The zero-order valence-corrected chi connectivity index (χ0v) is 8.84. The number of oxime groups is 1. The molecule has 0 heterocycles. The Morgan fingerprint density at radius 1 is 0.882 bits per heavy atom. The smallest absolute Gasteiger partial charge is 0.123 e. The molecular weight excluding hydrogens is 221 g/mol.